The molecule has 0 aliphatic heterocycles. The Morgan fingerprint density at radius 1 is 1.25 bits per heavy atom. The summed E-state index contributed by atoms with van der Waals surface area (Å²) >= 11 is 0. The molecule has 5 nitrogen and oxygen atoms in total. The highest BCUT2D eigenvalue weighted by Gasteiger charge is 2.07. The predicted octanol–water partition coefficient (Wildman–Crippen LogP) is 2.22. The maximum absolute atomic E-state index is 12.1. The Hall–Kier alpha value is -2.69. The highest BCUT2D eigenvalue weighted by molar-refractivity contribution is 5.91. The second kappa shape index (κ2) is 5.13. The summed E-state index contributed by atoms with van der Waals surface area (Å²) in [5.41, 5.74) is 2.85. The van der Waals surface area contributed by atoms with E-state index in [9.17, 15) is 4.79 Å². The van der Waals surface area contributed by atoms with Crippen LogP contribution in [0.25, 0.3) is 5.65 Å². The van der Waals surface area contributed by atoms with E-state index in [-0.39, 0.29) is 5.91 Å². The lowest BCUT2D eigenvalue weighted by Gasteiger charge is -2.07. The molecule has 0 saturated heterocycles. The van der Waals surface area contributed by atoms with E-state index in [4.69, 9.17) is 0 Å². The zero-order chi connectivity index (χ0) is 13.9. The lowest BCUT2D eigenvalue weighted by atomic mass is 10.1. The zero-order valence-electron chi connectivity index (χ0n) is 11.1. The van der Waals surface area contributed by atoms with Crippen molar-refractivity contribution < 1.29 is 4.79 Å². The molecule has 1 amide bonds. The van der Waals surface area contributed by atoms with Crippen LogP contribution >= 0.6 is 0 Å². The number of hydrogen-bond acceptors (Lipinski definition) is 3. The van der Waals surface area contributed by atoms with Gasteiger partial charge in [-0.1, -0.05) is 29.8 Å². The van der Waals surface area contributed by atoms with Crippen LogP contribution in [0, 0.1) is 6.92 Å². The van der Waals surface area contributed by atoms with Gasteiger partial charge in [0.25, 0.3) is 0 Å². The molecule has 0 spiro atoms. The van der Waals surface area contributed by atoms with Crippen molar-refractivity contribution in [2.24, 2.45) is 0 Å². The quantitative estimate of drug-likeness (QED) is 0.790. The van der Waals surface area contributed by atoms with Gasteiger partial charge in [0.05, 0.1) is 12.6 Å². The number of aromatic nitrogens is 3. The van der Waals surface area contributed by atoms with Crippen molar-refractivity contribution in [3.63, 3.8) is 0 Å². The first kappa shape index (κ1) is 12.3. The smallest absolute Gasteiger partial charge is 0.229 e. The molecule has 0 unspecified atom stereocenters. The first-order valence-electron chi connectivity index (χ1n) is 6.36. The summed E-state index contributed by atoms with van der Waals surface area (Å²) in [6.07, 6.45) is 3.64. The van der Waals surface area contributed by atoms with E-state index in [0.29, 0.717) is 17.9 Å². The van der Waals surface area contributed by atoms with E-state index in [2.05, 4.69) is 15.4 Å². The minimum Gasteiger partial charge on any atom is -0.310 e. The van der Waals surface area contributed by atoms with Crippen LogP contribution in [0.15, 0.2) is 48.8 Å². The van der Waals surface area contributed by atoms with Crippen molar-refractivity contribution >= 4 is 17.4 Å². The molecule has 1 N–H and O–H groups in total. The Labute approximate surface area is 116 Å². The molecular formula is C15H14N4O. The third-order valence-corrected chi connectivity index (χ3v) is 3.00. The minimum absolute atomic E-state index is 0.0707. The van der Waals surface area contributed by atoms with Gasteiger partial charge < -0.3 is 5.32 Å². The lowest BCUT2D eigenvalue weighted by molar-refractivity contribution is -0.115. The molecule has 0 saturated carbocycles. The number of amides is 1. The SMILES string of the molecule is Cc1cccc(CC(=O)Nc2ccnc3ccnn23)c1. The topological polar surface area (TPSA) is 59.3 Å². The summed E-state index contributed by atoms with van der Waals surface area (Å²) < 4.78 is 1.61. The number of nitrogens with one attached hydrogen (secondary N) is 1. The summed E-state index contributed by atoms with van der Waals surface area (Å²) in [5, 5.41) is 6.99. The summed E-state index contributed by atoms with van der Waals surface area (Å²) in [7, 11) is 0. The van der Waals surface area contributed by atoms with E-state index < -0.39 is 0 Å². The zero-order valence-corrected chi connectivity index (χ0v) is 11.1. The van der Waals surface area contributed by atoms with Crippen molar-refractivity contribution in [1.29, 1.82) is 0 Å². The highest BCUT2D eigenvalue weighted by atomic mass is 16.1. The lowest BCUT2D eigenvalue weighted by Crippen LogP contribution is -2.17. The fraction of sp³-hybridized carbons (Fsp3) is 0.133. The maximum atomic E-state index is 12.1. The molecule has 0 aliphatic carbocycles. The van der Waals surface area contributed by atoms with Crippen molar-refractivity contribution in [1.82, 2.24) is 14.6 Å². The number of carbonyl (C=O) groups is 1. The average Bonchev–Trinajstić information content (AvgIpc) is 2.88. The van der Waals surface area contributed by atoms with Crippen LogP contribution < -0.4 is 5.32 Å². The van der Waals surface area contributed by atoms with Gasteiger partial charge in [-0.3, -0.25) is 4.79 Å². The molecule has 2 aromatic heterocycles. The van der Waals surface area contributed by atoms with Crippen LogP contribution in [0.4, 0.5) is 5.82 Å². The summed E-state index contributed by atoms with van der Waals surface area (Å²) in [4.78, 5) is 16.2. The Morgan fingerprint density at radius 2 is 2.15 bits per heavy atom. The molecule has 1 aromatic carbocycles. The number of hydrogen-bond donors (Lipinski definition) is 1. The van der Waals surface area contributed by atoms with Crippen molar-refractivity contribution in [2.45, 2.75) is 13.3 Å². The number of benzene rings is 1. The Kier molecular flexibility index (Phi) is 3.16. The summed E-state index contributed by atoms with van der Waals surface area (Å²) in [6.45, 7) is 2.01. The third-order valence-electron chi connectivity index (χ3n) is 3.00. The van der Waals surface area contributed by atoms with Gasteiger partial charge in [0.1, 0.15) is 5.82 Å². The van der Waals surface area contributed by atoms with Gasteiger partial charge in [-0.2, -0.15) is 9.61 Å². The van der Waals surface area contributed by atoms with E-state index in [1.807, 2.05) is 31.2 Å². The predicted molar refractivity (Wildman–Crippen MR) is 76.5 cm³/mol. The van der Waals surface area contributed by atoms with Gasteiger partial charge in [-0.05, 0) is 18.6 Å². The van der Waals surface area contributed by atoms with Crippen LogP contribution in [-0.4, -0.2) is 20.5 Å². The number of fused-ring (bicyclic) bond motifs is 1. The van der Waals surface area contributed by atoms with Crippen LogP contribution in [-0.2, 0) is 11.2 Å². The number of nitrogens with zero attached hydrogens (tertiary/aromatic N) is 3. The molecule has 0 bridgehead atoms. The van der Waals surface area contributed by atoms with Crippen molar-refractivity contribution in [3.05, 3.63) is 59.9 Å². The van der Waals surface area contributed by atoms with E-state index in [1.54, 1.807) is 29.0 Å². The number of carbonyl (C=O) groups excluding carboxylic acids is 1. The molecule has 0 atom stereocenters. The number of aryl methyl sites for hydroxylation is 1. The fourth-order valence-electron chi connectivity index (χ4n) is 2.12. The highest BCUT2D eigenvalue weighted by Crippen LogP contribution is 2.10. The molecule has 0 fully saturated rings. The molecule has 100 valence electrons. The van der Waals surface area contributed by atoms with Crippen molar-refractivity contribution in [3.8, 4) is 0 Å². The molecule has 0 aliphatic rings. The molecule has 0 radical (unpaired) electrons. The molecule has 2 heterocycles. The summed E-state index contributed by atoms with van der Waals surface area (Å²) in [5.74, 6) is 0.552. The van der Waals surface area contributed by atoms with E-state index in [0.717, 1.165) is 11.1 Å². The Bertz CT molecular complexity index is 763. The van der Waals surface area contributed by atoms with Crippen LogP contribution in [0.2, 0.25) is 0 Å². The maximum Gasteiger partial charge on any atom is 0.229 e. The number of rotatable bonds is 3. The van der Waals surface area contributed by atoms with Gasteiger partial charge in [0.2, 0.25) is 5.91 Å². The molecular weight excluding hydrogens is 252 g/mol. The monoisotopic (exact) mass is 266 g/mol. The van der Waals surface area contributed by atoms with Gasteiger partial charge in [0, 0.05) is 12.3 Å². The first-order valence-corrected chi connectivity index (χ1v) is 6.36. The van der Waals surface area contributed by atoms with E-state index >= 15 is 0 Å². The molecule has 5 heteroatoms. The van der Waals surface area contributed by atoms with Gasteiger partial charge in [0.15, 0.2) is 5.65 Å². The van der Waals surface area contributed by atoms with Crippen molar-refractivity contribution in [2.75, 3.05) is 5.32 Å². The molecule has 3 rings (SSSR count). The van der Waals surface area contributed by atoms with Crippen LogP contribution in [0.3, 0.4) is 0 Å². The second-order valence-electron chi connectivity index (χ2n) is 4.65. The molecule has 3 aromatic rings. The first-order chi connectivity index (χ1) is 9.72. The minimum atomic E-state index is -0.0707. The second-order valence-corrected chi connectivity index (χ2v) is 4.65. The Morgan fingerprint density at radius 3 is 3.00 bits per heavy atom. The van der Waals surface area contributed by atoms with Gasteiger partial charge in [-0.25, -0.2) is 4.98 Å². The largest absolute Gasteiger partial charge is 0.310 e. The fourth-order valence-corrected chi connectivity index (χ4v) is 2.12. The Balaban J connectivity index is 1.77. The van der Waals surface area contributed by atoms with Gasteiger partial charge in [-0.15, -0.1) is 0 Å². The summed E-state index contributed by atoms with van der Waals surface area (Å²) in [6, 6.07) is 11.4. The normalized spacial score (nSPS) is 10.7. The van der Waals surface area contributed by atoms with Gasteiger partial charge >= 0.3 is 0 Å². The number of anilines is 1. The van der Waals surface area contributed by atoms with Crippen LogP contribution in [0.1, 0.15) is 11.1 Å². The third kappa shape index (κ3) is 2.51. The standard InChI is InChI=1S/C15H14N4O/c1-11-3-2-4-12(9-11)10-15(20)18-14-5-7-16-13-6-8-17-19(13)14/h2-9H,10H2,1H3,(H,18,20). The van der Waals surface area contributed by atoms with Crippen LogP contribution in [0.5, 0.6) is 0 Å². The van der Waals surface area contributed by atoms with E-state index in [1.165, 1.54) is 0 Å². The average molecular weight is 266 g/mol. The molecule has 20 heavy (non-hydrogen) atoms.